The molecule has 0 radical (unpaired) electrons. The molecule has 7 heteroatoms. The van der Waals surface area contributed by atoms with E-state index in [1.54, 1.807) is 12.3 Å². The van der Waals surface area contributed by atoms with Crippen LogP contribution in [0.2, 0.25) is 0 Å². The summed E-state index contributed by atoms with van der Waals surface area (Å²) >= 11 is 1.44. The number of likely N-dealkylation sites (N-methyl/N-ethyl adjacent to an activating group) is 1. The number of allylic oxidation sites excluding steroid dienone is 3. The maximum atomic E-state index is 12.8. The van der Waals surface area contributed by atoms with Crippen molar-refractivity contribution >= 4 is 34.4 Å². The van der Waals surface area contributed by atoms with E-state index in [4.69, 9.17) is 0 Å². The Morgan fingerprint density at radius 1 is 1.29 bits per heavy atom. The lowest BCUT2D eigenvalue weighted by atomic mass is 10.1. The average Bonchev–Trinajstić information content (AvgIpc) is 3.18. The molecule has 34 heavy (non-hydrogen) atoms. The molecular weight excluding hydrogens is 442 g/mol. The first-order valence-electron chi connectivity index (χ1n) is 11.9. The van der Waals surface area contributed by atoms with Crippen molar-refractivity contribution in [1.82, 2.24) is 14.8 Å². The SMILES string of the molecule is C=C/C(=C\C(=C/C)CC(=O)N1CCCN(C)CC1)SNc1ccc(C)c2c(C#N)c[nH]c12.CC. The highest BCUT2D eigenvalue weighted by Crippen LogP contribution is 2.31. The minimum Gasteiger partial charge on any atom is -0.358 e. The molecule has 1 fully saturated rings. The van der Waals surface area contributed by atoms with Crippen LogP contribution >= 0.6 is 11.9 Å². The van der Waals surface area contributed by atoms with Gasteiger partial charge >= 0.3 is 0 Å². The normalized spacial score (nSPS) is 15.2. The number of nitrogens with zero attached hydrogens (tertiary/aromatic N) is 3. The molecular formula is C27H37N5OS. The van der Waals surface area contributed by atoms with Gasteiger partial charge in [0.2, 0.25) is 5.91 Å². The number of nitriles is 1. The largest absolute Gasteiger partial charge is 0.358 e. The van der Waals surface area contributed by atoms with E-state index in [1.165, 1.54) is 11.9 Å². The molecule has 6 nitrogen and oxygen atoms in total. The van der Waals surface area contributed by atoms with E-state index in [0.29, 0.717) is 12.0 Å². The summed E-state index contributed by atoms with van der Waals surface area (Å²) in [6.07, 6.45) is 8.91. The second-order valence-electron chi connectivity index (χ2n) is 8.03. The summed E-state index contributed by atoms with van der Waals surface area (Å²) in [4.78, 5) is 21.2. The van der Waals surface area contributed by atoms with Gasteiger partial charge in [-0.2, -0.15) is 5.26 Å². The molecule has 2 heterocycles. The number of fused-ring (bicyclic) bond motifs is 1. The number of hydrogen-bond donors (Lipinski definition) is 2. The fraction of sp³-hybridized carbons (Fsp3) is 0.407. The molecule has 1 amide bonds. The smallest absolute Gasteiger partial charge is 0.227 e. The van der Waals surface area contributed by atoms with Crippen LogP contribution in [-0.2, 0) is 4.79 Å². The molecule has 0 bridgehead atoms. The molecule has 0 spiro atoms. The van der Waals surface area contributed by atoms with E-state index in [-0.39, 0.29) is 5.91 Å². The predicted molar refractivity (Wildman–Crippen MR) is 146 cm³/mol. The number of aromatic amines is 1. The molecule has 0 saturated carbocycles. The summed E-state index contributed by atoms with van der Waals surface area (Å²) in [5, 5.41) is 10.3. The molecule has 1 aliphatic heterocycles. The zero-order valence-corrected chi connectivity index (χ0v) is 21.9. The first kappa shape index (κ1) is 27.3. The number of hydrogen-bond acceptors (Lipinski definition) is 5. The Morgan fingerprint density at radius 3 is 2.74 bits per heavy atom. The minimum absolute atomic E-state index is 0.168. The van der Waals surface area contributed by atoms with Crippen LogP contribution in [0, 0.1) is 18.3 Å². The summed E-state index contributed by atoms with van der Waals surface area (Å²) in [6, 6.07) is 6.25. The van der Waals surface area contributed by atoms with Crippen LogP contribution in [-0.4, -0.2) is 53.9 Å². The van der Waals surface area contributed by atoms with E-state index in [0.717, 1.165) is 65.2 Å². The molecule has 1 aromatic heterocycles. The Kier molecular flexibility index (Phi) is 11.0. The van der Waals surface area contributed by atoms with Gasteiger partial charge < -0.3 is 19.5 Å². The fourth-order valence-electron chi connectivity index (χ4n) is 3.84. The van der Waals surface area contributed by atoms with Crippen molar-refractivity contribution in [3.05, 3.63) is 64.7 Å². The van der Waals surface area contributed by atoms with Crippen LogP contribution in [0.4, 0.5) is 5.69 Å². The topological polar surface area (TPSA) is 75.2 Å². The molecule has 2 N–H and O–H groups in total. The standard InChI is InChI=1S/C25H31N5OS.C2H6/c1-5-19(15-23(31)30-11-7-10-29(4)12-13-30)14-21(6-2)32-28-22-9-8-18(3)24-20(16-26)17-27-25(22)24;1-2/h5-6,8-9,14,17,27-28H,2,7,10-13,15H2,1,3-4H3;1-2H3/b19-5+,21-14+;. The first-order valence-corrected chi connectivity index (χ1v) is 12.7. The highest BCUT2D eigenvalue weighted by molar-refractivity contribution is 8.04. The molecule has 0 unspecified atom stereocenters. The van der Waals surface area contributed by atoms with Crippen LogP contribution < -0.4 is 4.72 Å². The Labute approximate surface area is 208 Å². The fourth-order valence-corrected chi connectivity index (χ4v) is 4.53. The Hall–Kier alpha value is -2.95. The molecule has 0 aliphatic carbocycles. The van der Waals surface area contributed by atoms with Gasteiger partial charge in [-0.05, 0) is 69.1 Å². The van der Waals surface area contributed by atoms with Crippen LogP contribution in [0.15, 0.2) is 53.6 Å². The molecule has 1 aliphatic rings. The highest BCUT2D eigenvalue weighted by Gasteiger charge is 2.18. The molecule has 1 aromatic carbocycles. The van der Waals surface area contributed by atoms with Gasteiger partial charge in [0.05, 0.1) is 23.2 Å². The maximum absolute atomic E-state index is 12.8. The highest BCUT2D eigenvalue weighted by atomic mass is 32.2. The van der Waals surface area contributed by atoms with Gasteiger partial charge in [0.25, 0.3) is 0 Å². The van der Waals surface area contributed by atoms with Crippen LogP contribution in [0.5, 0.6) is 0 Å². The quantitative estimate of drug-likeness (QED) is 0.376. The number of amides is 1. The Morgan fingerprint density at radius 2 is 2.06 bits per heavy atom. The Bertz CT molecular complexity index is 1090. The van der Waals surface area contributed by atoms with Crippen molar-refractivity contribution in [1.29, 1.82) is 5.26 Å². The van der Waals surface area contributed by atoms with E-state index < -0.39 is 0 Å². The number of aryl methyl sites for hydroxylation is 1. The van der Waals surface area contributed by atoms with E-state index in [9.17, 15) is 10.1 Å². The van der Waals surface area contributed by atoms with Crippen molar-refractivity contribution in [3.63, 3.8) is 0 Å². The van der Waals surface area contributed by atoms with Gasteiger partial charge in [-0.15, -0.1) is 0 Å². The summed E-state index contributed by atoms with van der Waals surface area (Å²) < 4.78 is 3.37. The van der Waals surface area contributed by atoms with Gasteiger partial charge in [-0.1, -0.05) is 38.6 Å². The molecule has 1 saturated heterocycles. The summed E-state index contributed by atoms with van der Waals surface area (Å²) in [5.74, 6) is 0.168. The van der Waals surface area contributed by atoms with E-state index in [2.05, 4.69) is 34.3 Å². The molecule has 182 valence electrons. The van der Waals surface area contributed by atoms with E-state index >= 15 is 0 Å². The van der Waals surface area contributed by atoms with Gasteiger partial charge in [-0.25, -0.2) is 0 Å². The number of aromatic nitrogens is 1. The number of benzene rings is 1. The van der Waals surface area contributed by atoms with Crippen molar-refractivity contribution in [2.24, 2.45) is 0 Å². The van der Waals surface area contributed by atoms with Crippen molar-refractivity contribution in [2.75, 3.05) is 37.9 Å². The molecule has 3 rings (SSSR count). The van der Waals surface area contributed by atoms with Gasteiger partial charge in [0.1, 0.15) is 6.07 Å². The third-order valence-corrected chi connectivity index (χ3v) is 6.61. The molecule has 2 aromatic rings. The zero-order valence-electron chi connectivity index (χ0n) is 21.1. The minimum atomic E-state index is 0.168. The third-order valence-electron chi connectivity index (χ3n) is 5.77. The summed E-state index contributed by atoms with van der Waals surface area (Å²) in [7, 11) is 2.10. The second-order valence-corrected chi connectivity index (χ2v) is 8.91. The lowest BCUT2D eigenvalue weighted by Gasteiger charge is -2.21. The number of carbonyl (C=O) groups is 1. The number of H-pyrrole nitrogens is 1. The lowest BCUT2D eigenvalue weighted by molar-refractivity contribution is -0.130. The number of anilines is 1. The van der Waals surface area contributed by atoms with Crippen LogP contribution in [0.3, 0.4) is 0 Å². The second kappa shape index (κ2) is 13.7. The van der Waals surface area contributed by atoms with Crippen molar-refractivity contribution in [3.8, 4) is 6.07 Å². The predicted octanol–water partition coefficient (Wildman–Crippen LogP) is 6.00. The van der Waals surface area contributed by atoms with Gasteiger partial charge in [0, 0.05) is 36.1 Å². The first-order chi connectivity index (χ1) is 16.5. The van der Waals surface area contributed by atoms with Crippen molar-refractivity contribution < 1.29 is 4.79 Å². The average molecular weight is 480 g/mol. The lowest BCUT2D eigenvalue weighted by Crippen LogP contribution is -2.34. The van der Waals surface area contributed by atoms with Crippen LogP contribution in [0.1, 0.15) is 44.7 Å². The van der Waals surface area contributed by atoms with Crippen LogP contribution in [0.25, 0.3) is 10.9 Å². The van der Waals surface area contributed by atoms with E-state index in [1.807, 2.05) is 56.9 Å². The maximum Gasteiger partial charge on any atom is 0.227 e. The third kappa shape index (κ3) is 7.02. The molecule has 0 atom stereocenters. The van der Waals surface area contributed by atoms with Gasteiger partial charge in [0.15, 0.2) is 0 Å². The summed E-state index contributed by atoms with van der Waals surface area (Å²) in [6.45, 7) is 15.4. The summed E-state index contributed by atoms with van der Waals surface area (Å²) in [5.41, 5.74) is 4.47. The Balaban J connectivity index is 0.00000199. The zero-order chi connectivity index (χ0) is 25.1. The monoisotopic (exact) mass is 479 g/mol. The number of carbonyl (C=O) groups excluding carboxylic acids is 1. The van der Waals surface area contributed by atoms with Gasteiger partial charge in [-0.3, -0.25) is 4.79 Å². The number of nitrogens with one attached hydrogen (secondary N) is 2. The number of rotatable bonds is 7. The van der Waals surface area contributed by atoms with Crippen molar-refractivity contribution in [2.45, 2.75) is 40.5 Å².